The van der Waals surface area contributed by atoms with Gasteiger partial charge in [0.15, 0.2) is 4.80 Å². The molecule has 2 bridgehead atoms. The minimum Gasteiger partial charge on any atom is -0.465 e. The normalized spacial score (nSPS) is 22.7. The maximum atomic E-state index is 13.7. The Kier molecular flexibility index (Phi) is 4.74. The van der Waals surface area contributed by atoms with Crippen LogP contribution in [0.4, 0.5) is 5.69 Å². The summed E-state index contributed by atoms with van der Waals surface area (Å²) in [6.45, 7) is 1.82. The van der Waals surface area contributed by atoms with Gasteiger partial charge in [-0.1, -0.05) is 78.1 Å². The van der Waals surface area contributed by atoms with Crippen LogP contribution in [0.5, 0.6) is 5.75 Å². The summed E-state index contributed by atoms with van der Waals surface area (Å²) in [5, 5.41) is 2.99. The third-order valence-electron chi connectivity index (χ3n) is 6.30. The van der Waals surface area contributed by atoms with E-state index in [9.17, 15) is 9.59 Å². The summed E-state index contributed by atoms with van der Waals surface area (Å²) in [5.74, 6) is -0.332. The summed E-state index contributed by atoms with van der Waals surface area (Å²) in [4.78, 5) is 32.7. The van der Waals surface area contributed by atoms with Gasteiger partial charge >= 0.3 is 0 Å². The van der Waals surface area contributed by atoms with Gasteiger partial charge in [-0.3, -0.25) is 14.2 Å². The van der Waals surface area contributed by atoms with Crippen molar-refractivity contribution in [3.8, 4) is 5.75 Å². The van der Waals surface area contributed by atoms with Crippen LogP contribution < -0.4 is 24.9 Å². The number of thiazole rings is 1. The largest absolute Gasteiger partial charge is 0.465 e. The number of hydrogen-bond donors (Lipinski definition) is 1. The number of nitrogens with one attached hydrogen (secondary N) is 1. The minimum atomic E-state index is -1.15. The molecule has 0 saturated heterocycles. The molecule has 3 heterocycles. The summed E-state index contributed by atoms with van der Waals surface area (Å²) < 4.78 is 8.57. The number of carbonyl (C=O) groups is 1. The quantitative estimate of drug-likeness (QED) is 0.502. The first-order valence-electron chi connectivity index (χ1n) is 11.1. The van der Waals surface area contributed by atoms with E-state index in [-0.39, 0.29) is 11.5 Å². The van der Waals surface area contributed by atoms with Gasteiger partial charge in [-0.2, -0.15) is 0 Å². The van der Waals surface area contributed by atoms with Gasteiger partial charge in [0.1, 0.15) is 11.7 Å². The van der Waals surface area contributed by atoms with E-state index in [0.717, 1.165) is 11.1 Å². The minimum absolute atomic E-state index is 0.158. The van der Waals surface area contributed by atoms with Crippen LogP contribution in [0.2, 0.25) is 0 Å². The molecule has 2 aliphatic rings. The maximum absolute atomic E-state index is 13.7. The zero-order chi connectivity index (χ0) is 23.3. The average molecular weight is 468 g/mol. The van der Waals surface area contributed by atoms with Gasteiger partial charge in [-0.15, -0.1) is 0 Å². The van der Waals surface area contributed by atoms with Crippen LogP contribution in [-0.4, -0.2) is 16.2 Å². The lowest BCUT2D eigenvalue weighted by Gasteiger charge is -2.45. The van der Waals surface area contributed by atoms with E-state index in [4.69, 9.17) is 9.73 Å². The molecule has 0 saturated carbocycles. The Hall–Kier alpha value is -3.97. The van der Waals surface area contributed by atoms with Gasteiger partial charge in [0.05, 0.1) is 10.6 Å². The number of fused-ring (bicyclic) bond motifs is 6. The summed E-state index contributed by atoms with van der Waals surface area (Å²) in [7, 11) is 0. The van der Waals surface area contributed by atoms with Crippen molar-refractivity contribution >= 4 is 29.0 Å². The Labute approximate surface area is 199 Å². The first-order valence-corrected chi connectivity index (χ1v) is 11.9. The Morgan fingerprint density at radius 2 is 1.71 bits per heavy atom. The number of amides is 1. The monoisotopic (exact) mass is 467 g/mol. The molecule has 1 amide bonds. The first-order chi connectivity index (χ1) is 16.5. The fourth-order valence-electron chi connectivity index (χ4n) is 4.79. The zero-order valence-electron chi connectivity index (χ0n) is 18.3. The molecule has 1 aromatic heterocycles. The summed E-state index contributed by atoms with van der Waals surface area (Å²) in [6, 6.07) is 26.0. The summed E-state index contributed by atoms with van der Waals surface area (Å²) in [5.41, 5.74) is 1.11. The molecule has 34 heavy (non-hydrogen) atoms. The maximum Gasteiger partial charge on any atom is 0.270 e. The van der Waals surface area contributed by atoms with Crippen LogP contribution >= 0.6 is 11.3 Å². The first kappa shape index (κ1) is 20.6. The highest BCUT2D eigenvalue weighted by atomic mass is 32.1. The predicted octanol–water partition coefficient (Wildman–Crippen LogP) is 3.32. The summed E-state index contributed by atoms with van der Waals surface area (Å²) >= 11 is 1.32. The van der Waals surface area contributed by atoms with Crippen molar-refractivity contribution in [1.29, 1.82) is 0 Å². The number of rotatable bonds is 3. The number of carbonyl (C=O) groups excluding carboxylic acids is 1. The highest BCUT2D eigenvalue weighted by Crippen LogP contribution is 2.47. The van der Waals surface area contributed by atoms with Crippen molar-refractivity contribution in [1.82, 2.24) is 4.57 Å². The van der Waals surface area contributed by atoms with Gasteiger partial charge in [0, 0.05) is 11.3 Å². The van der Waals surface area contributed by atoms with Gasteiger partial charge in [-0.25, -0.2) is 4.99 Å². The van der Waals surface area contributed by atoms with Crippen molar-refractivity contribution in [2.45, 2.75) is 18.7 Å². The van der Waals surface area contributed by atoms with Crippen LogP contribution in [0.3, 0.4) is 0 Å². The Bertz CT molecular complexity index is 1580. The molecule has 0 aliphatic carbocycles. The number of aromatic nitrogens is 1. The van der Waals surface area contributed by atoms with E-state index in [1.165, 1.54) is 11.3 Å². The lowest BCUT2D eigenvalue weighted by Crippen LogP contribution is -2.59. The highest BCUT2D eigenvalue weighted by molar-refractivity contribution is 7.07. The van der Waals surface area contributed by atoms with E-state index < -0.39 is 17.7 Å². The molecule has 2 aliphatic heterocycles. The van der Waals surface area contributed by atoms with Gasteiger partial charge in [0.2, 0.25) is 11.6 Å². The predicted molar refractivity (Wildman–Crippen MR) is 132 cm³/mol. The number of hydrogen-bond acceptors (Lipinski definition) is 5. The second-order valence-corrected chi connectivity index (χ2v) is 9.57. The molecule has 0 spiro atoms. The van der Waals surface area contributed by atoms with E-state index in [1.54, 1.807) is 4.57 Å². The molecule has 3 atom stereocenters. The van der Waals surface area contributed by atoms with Crippen molar-refractivity contribution in [3.63, 3.8) is 0 Å². The van der Waals surface area contributed by atoms with E-state index in [0.29, 0.717) is 20.8 Å². The molecule has 4 aromatic rings. The van der Waals surface area contributed by atoms with Crippen molar-refractivity contribution in [3.05, 3.63) is 116 Å². The number of benzene rings is 3. The fraction of sp³-hybridized carbons (Fsp3) is 0.148. The number of ether oxygens (including phenoxy) is 1. The molecule has 6 nitrogen and oxygen atoms in total. The average Bonchev–Trinajstić information content (AvgIpc) is 3.13. The smallest absolute Gasteiger partial charge is 0.270 e. The molecule has 7 heteroatoms. The van der Waals surface area contributed by atoms with E-state index in [2.05, 4.69) is 5.32 Å². The summed E-state index contributed by atoms with van der Waals surface area (Å²) in [6.07, 6.45) is 1.87. The Balaban J connectivity index is 1.55. The molecule has 0 radical (unpaired) electrons. The molecular formula is C27H21N3O3S. The van der Waals surface area contributed by atoms with Crippen molar-refractivity contribution in [2.75, 3.05) is 5.32 Å². The molecule has 3 unspecified atom stereocenters. The number of para-hydroxylation sites is 2. The molecule has 0 fully saturated rings. The Morgan fingerprint density at radius 1 is 1.03 bits per heavy atom. The van der Waals surface area contributed by atoms with Crippen LogP contribution in [0, 0.1) is 5.92 Å². The second-order valence-electron chi connectivity index (χ2n) is 8.56. The third kappa shape index (κ3) is 3.28. The molecular weight excluding hydrogens is 446 g/mol. The molecule has 168 valence electrons. The standard InChI is InChI=1S/C27H21N3O3S/c1-27-22(24(31)28-18-12-6-3-7-13-18)23(19-14-8-9-15-20(19)33-27)30-25(32)21(34-26(30)29-27)16-17-10-4-2-5-11-17/h2-16,22-23H,1H3,(H,28,31)/b21-16+. The number of nitrogens with zero attached hydrogens (tertiary/aromatic N) is 2. The highest BCUT2D eigenvalue weighted by Gasteiger charge is 2.55. The van der Waals surface area contributed by atoms with Crippen molar-refractivity contribution in [2.24, 2.45) is 10.9 Å². The SMILES string of the molecule is CC12N=c3s/c(=C/c4ccccc4)c(=O)n3C(c3ccccc3O1)C2C(=O)Nc1ccccc1. The van der Waals surface area contributed by atoms with Gasteiger partial charge in [-0.05, 0) is 36.8 Å². The van der Waals surface area contributed by atoms with Crippen LogP contribution in [0.15, 0.2) is 94.7 Å². The molecule has 6 rings (SSSR count). The van der Waals surface area contributed by atoms with E-state index >= 15 is 0 Å². The molecule has 3 aromatic carbocycles. The lowest BCUT2D eigenvalue weighted by atomic mass is 9.80. The van der Waals surface area contributed by atoms with Gasteiger partial charge in [0.25, 0.3) is 5.56 Å². The number of anilines is 1. The van der Waals surface area contributed by atoms with Gasteiger partial charge < -0.3 is 10.1 Å². The van der Waals surface area contributed by atoms with Crippen LogP contribution in [0.1, 0.15) is 24.1 Å². The van der Waals surface area contributed by atoms with Crippen LogP contribution in [-0.2, 0) is 4.79 Å². The fourth-order valence-corrected chi connectivity index (χ4v) is 5.88. The third-order valence-corrected chi connectivity index (χ3v) is 7.28. The molecule has 1 N–H and O–H groups in total. The zero-order valence-corrected chi connectivity index (χ0v) is 19.2. The van der Waals surface area contributed by atoms with Crippen molar-refractivity contribution < 1.29 is 9.53 Å². The van der Waals surface area contributed by atoms with E-state index in [1.807, 2.05) is 97.9 Å². The van der Waals surface area contributed by atoms with Crippen LogP contribution in [0.25, 0.3) is 6.08 Å². The lowest BCUT2D eigenvalue weighted by molar-refractivity contribution is -0.131. The Morgan fingerprint density at radius 3 is 2.47 bits per heavy atom. The topological polar surface area (TPSA) is 72.7 Å². The second kappa shape index (κ2) is 7.81.